The lowest BCUT2D eigenvalue weighted by Crippen LogP contribution is -2.30. The number of nitrogens with one attached hydrogen (secondary N) is 1. The summed E-state index contributed by atoms with van der Waals surface area (Å²) >= 11 is 0. The summed E-state index contributed by atoms with van der Waals surface area (Å²) in [7, 11) is 0. The number of aliphatic carboxylic acids is 2. The maximum absolute atomic E-state index is 11.6. The Morgan fingerprint density at radius 2 is 1.57 bits per heavy atom. The van der Waals surface area contributed by atoms with E-state index in [1.54, 1.807) is 0 Å². The minimum Gasteiger partial charge on any atom is -0.481 e. The van der Waals surface area contributed by atoms with E-state index in [0.29, 0.717) is 12.8 Å². The molecule has 0 fully saturated rings. The van der Waals surface area contributed by atoms with E-state index < -0.39 is 18.0 Å². The molecule has 0 heterocycles. The second kappa shape index (κ2) is 10.2. The molecule has 0 aliphatic heterocycles. The van der Waals surface area contributed by atoms with Gasteiger partial charge < -0.3 is 20.3 Å². The van der Waals surface area contributed by atoms with Crippen molar-refractivity contribution in [3.05, 3.63) is 35.9 Å². The zero-order valence-corrected chi connectivity index (χ0v) is 12.7. The largest absolute Gasteiger partial charge is 0.481 e. The van der Waals surface area contributed by atoms with E-state index in [0.717, 1.165) is 5.56 Å². The first-order valence-electron chi connectivity index (χ1n) is 7.35. The van der Waals surface area contributed by atoms with Gasteiger partial charge in [0.25, 0.3) is 0 Å². The van der Waals surface area contributed by atoms with Crippen LogP contribution in [0.3, 0.4) is 0 Å². The molecule has 0 aromatic heterocycles. The van der Waals surface area contributed by atoms with Crippen molar-refractivity contribution in [1.82, 2.24) is 5.32 Å². The molecule has 1 rings (SSSR count). The number of carbonyl (C=O) groups excluding carboxylic acids is 1. The van der Waals surface area contributed by atoms with Gasteiger partial charge >= 0.3 is 18.0 Å². The number of carbonyl (C=O) groups is 3. The highest BCUT2D eigenvalue weighted by Crippen LogP contribution is 2.13. The van der Waals surface area contributed by atoms with E-state index in [2.05, 4.69) is 5.32 Å². The molecule has 0 atom stereocenters. The molecule has 0 radical (unpaired) electrons. The van der Waals surface area contributed by atoms with Crippen LogP contribution in [-0.4, -0.2) is 34.8 Å². The van der Waals surface area contributed by atoms with Crippen LogP contribution in [0.2, 0.25) is 0 Å². The predicted molar refractivity (Wildman–Crippen MR) is 81.9 cm³/mol. The average molecular weight is 323 g/mol. The summed E-state index contributed by atoms with van der Waals surface area (Å²) in [6.45, 7) is 0.329. The second-order valence-electron chi connectivity index (χ2n) is 5.17. The Labute approximate surface area is 134 Å². The number of alkyl carbamates (subject to hydrolysis) is 1. The molecule has 0 spiro atoms. The molecular weight excluding hydrogens is 302 g/mol. The highest BCUT2D eigenvalue weighted by molar-refractivity contribution is 5.68. The summed E-state index contributed by atoms with van der Waals surface area (Å²) in [5.74, 6) is -2.11. The van der Waals surface area contributed by atoms with Crippen LogP contribution in [0.1, 0.15) is 31.2 Å². The van der Waals surface area contributed by atoms with E-state index in [9.17, 15) is 14.4 Å². The molecule has 0 unspecified atom stereocenters. The number of rotatable bonds is 10. The normalized spacial score (nSPS) is 10.3. The third kappa shape index (κ3) is 9.13. The molecule has 0 saturated heterocycles. The fraction of sp³-hybridized carbons (Fsp3) is 0.438. The van der Waals surface area contributed by atoms with Crippen molar-refractivity contribution < 1.29 is 29.3 Å². The van der Waals surface area contributed by atoms with E-state index >= 15 is 0 Å². The monoisotopic (exact) mass is 323 g/mol. The first-order valence-corrected chi connectivity index (χ1v) is 7.35. The van der Waals surface area contributed by atoms with Crippen molar-refractivity contribution in [3.8, 4) is 0 Å². The van der Waals surface area contributed by atoms with Gasteiger partial charge in [-0.05, 0) is 24.3 Å². The maximum Gasteiger partial charge on any atom is 0.407 e. The van der Waals surface area contributed by atoms with Crippen LogP contribution in [0, 0.1) is 5.92 Å². The van der Waals surface area contributed by atoms with Crippen LogP contribution in [0.25, 0.3) is 0 Å². The zero-order chi connectivity index (χ0) is 17.1. The summed E-state index contributed by atoms with van der Waals surface area (Å²) in [4.78, 5) is 32.9. The Bertz CT molecular complexity index is 499. The minimum atomic E-state index is -0.947. The van der Waals surface area contributed by atoms with Gasteiger partial charge in [0.15, 0.2) is 0 Å². The first kappa shape index (κ1) is 18.5. The molecule has 0 aliphatic carbocycles. The topological polar surface area (TPSA) is 113 Å². The molecule has 1 amide bonds. The predicted octanol–water partition coefficient (Wildman–Crippen LogP) is 2.26. The molecule has 7 nitrogen and oxygen atoms in total. The lowest BCUT2D eigenvalue weighted by atomic mass is 9.97. The molecule has 23 heavy (non-hydrogen) atoms. The Morgan fingerprint density at radius 1 is 1.00 bits per heavy atom. The van der Waals surface area contributed by atoms with Gasteiger partial charge in [-0.25, -0.2) is 4.79 Å². The third-order valence-corrected chi connectivity index (χ3v) is 3.28. The number of carboxylic acid groups (broad SMARTS) is 2. The molecule has 126 valence electrons. The van der Waals surface area contributed by atoms with Crippen LogP contribution in [0.15, 0.2) is 30.3 Å². The van der Waals surface area contributed by atoms with Crippen molar-refractivity contribution in [1.29, 1.82) is 0 Å². The lowest BCUT2D eigenvalue weighted by Gasteiger charge is -2.16. The van der Waals surface area contributed by atoms with Gasteiger partial charge in [-0.1, -0.05) is 30.3 Å². The van der Waals surface area contributed by atoms with Crippen LogP contribution >= 0.6 is 0 Å². The van der Waals surface area contributed by atoms with Crippen molar-refractivity contribution in [2.75, 3.05) is 6.54 Å². The minimum absolute atomic E-state index is 0.0645. The van der Waals surface area contributed by atoms with Gasteiger partial charge in [0.1, 0.15) is 6.61 Å². The van der Waals surface area contributed by atoms with Crippen LogP contribution < -0.4 is 5.32 Å². The Morgan fingerprint density at radius 3 is 2.09 bits per heavy atom. The van der Waals surface area contributed by atoms with E-state index in [-0.39, 0.29) is 31.9 Å². The number of carboxylic acids is 2. The van der Waals surface area contributed by atoms with Gasteiger partial charge in [0, 0.05) is 19.4 Å². The van der Waals surface area contributed by atoms with Gasteiger partial charge in [0.2, 0.25) is 0 Å². The van der Waals surface area contributed by atoms with Crippen LogP contribution in [0.4, 0.5) is 4.79 Å². The number of hydrogen-bond donors (Lipinski definition) is 3. The van der Waals surface area contributed by atoms with Crippen molar-refractivity contribution in [2.24, 2.45) is 5.92 Å². The van der Waals surface area contributed by atoms with Gasteiger partial charge in [0.05, 0.1) is 0 Å². The van der Waals surface area contributed by atoms with Gasteiger partial charge in [-0.2, -0.15) is 0 Å². The summed E-state index contributed by atoms with van der Waals surface area (Å²) in [6, 6.07) is 9.19. The summed E-state index contributed by atoms with van der Waals surface area (Å²) in [6.07, 6.45) is -0.122. The van der Waals surface area contributed by atoms with Crippen LogP contribution in [0.5, 0.6) is 0 Å². The fourth-order valence-corrected chi connectivity index (χ4v) is 2.01. The molecule has 0 saturated carbocycles. The summed E-state index contributed by atoms with van der Waals surface area (Å²) < 4.78 is 5.05. The molecule has 3 N–H and O–H groups in total. The van der Waals surface area contributed by atoms with E-state index in [1.165, 1.54) is 0 Å². The van der Waals surface area contributed by atoms with Crippen LogP contribution in [-0.2, 0) is 20.9 Å². The average Bonchev–Trinajstić information content (AvgIpc) is 2.52. The van der Waals surface area contributed by atoms with E-state index in [1.807, 2.05) is 30.3 Å². The quantitative estimate of drug-likeness (QED) is 0.609. The molecule has 7 heteroatoms. The Hall–Kier alpha value is -2.57. The lowest BCUT2D eigenvalue weighted by molar-refractivity contribution is -0.137. The SMILES string of the molecule is O=C(O)CCC(CCC(=O)O)CNC(=O)OCc1ccccc1. The number of hydrogen-bond acceptors (Lipinski definition) is 4. The molecular formula is C16H21NO6. The maximum atomic E-state index is 11.6. The van der Waals surface area contributed by atoms with Gasteiger partial charge in [-0.15, -0.1) is 0 Å². The number of benzene rings is 1. The Balaban J connectivity index is 2.34. The summed E-state index contributed by atoms with van der Waals surface area (Å²) in [5, 5.41) is 20.0. The highest BCUT2D eigenvalue weighted by Gasteiger charge is 2.14. The highest BCUT2D eigenvalue weighted by atomic mass is 16.5. The standard InChI is InChI=1S/C16H21NO6/c18-14(19)8-6-12(7-9-15(20)21)10-17-16(22)23-11-13-4-2-1-3-5-13/h1-5,12H,6-11H2,(H,17,22)(H,18,19)(H,20,21). The molecule has 0 bridgehead atoms. The fourth-order valence-electron chi connectivity index (χ4n) is 2.01. The molecule has 1 aromatic rings. The number of ether oxygens (including phenoxy) is 1. The van der Waals surface area contributed by atoms with Gasteiger partial charge in [-0.3, -0.25) is 9.59 Å². The zero-order valence-electron chi connectivity index (χ0n) is 12.7. The smallest absolute Gasteiger partial charge is 0.407 e. The van der Waals surface area contributed by atoms with E-state index in [4.69, 9.17) is 14.9 Å². The van der Waals surface area contributed by atoms with Crippen molar-refractivity contribution in [3.63, 3.8) is 0 Å². The Kier molecular flexibility index (Phi) is 8.20. The second-order valence-corrected chi connectivity index (χ2v) is 5.17. The number of amides is 1. The molecule has 1 aromatic carbocycles. The third-order valence-electron chi connectivity index (χ3n) is 3.28. The molecule has 0 aliphatic rings. The van der Waals surface area contributed by atoms with Crippen molar-refractivity contribution >= 4 is 18.0 Å². The van der Waals surface area contributed by atoms with Crippen molar-refractivity contribution in [2.45, 2.75) is 32.3 Å². The first-order chi connectivity index (χ1) is 11.0. The summed E-state index contributed by atoms with van der Waals surface area (Å²) in [5.41, 5.74) is 0.857.